The number of amides is 2. The van der Waals surface area contributed by atoms with Crippen molar-refractivity contribution in [2.45, 2.75) is 19.9 Å². The van der Waals surface area contributed by atoms with Crippen molar-refractivity contribution in [3.05, 3.63) is 54.1 Å². The molecule has 2 amide bonds. The lowest BCUT2D eigenvalue weighted by molar-refractivity contribution is 0.216. The summed E-state index contributed by atoms with van der Waals surface area (Å²) in [5, 5.41) is 2.96. The average molecular weight is 339 g/mol. The summed E-state index contributed by atoms with van der Waals surface area (Å²) >= 11 is 0. The molecular formula is C19H25N5O. The second kappa shape index (κ2) is 8.07. The summed E-state index contributed by atoms with van der Waals surface area (Å²) in [4.78, 5) is 24.9. The normalized spacial score (nSPS) is 17.1. The summed E-state index contributed by atoms with van der Waals surface area (Å²) < 4.78 is 0. The van der Waals surface area contributed by atoms with Crippen molar-refractivity contribution in [2.75, 3.05) is 32.0 Å². The number of anilines is 1. The van der Waals surface area contributed by atoms with Crippen LogP contribution >= 0.6 is 0 Å². The van der Waals surface area contributed by atoms with Gasteiger partial charge in [0.2, 0.25) is 0 Å². The first-order valence-electron chi connectivity index (χ1n) is 8.66. The molecule has 0 saturated carbocycles. The van der Waals surface area contributed by atoms with Crippen LogP contribution in [0.4, 0.5) is 10.5 Å². The van der Waals surface area contributed by atoms with Crippen LogP contribution in [0.1, 0.15) is 17.7 Å². The van der Waals surface area contributed by atoms with Gasteiger partial charge in [-0.05, 0) is 50.1 Å². The monoisotopic (exact) mass is 339 g/mol. The van der Waals surface area contributed by atoms with Gasteiger partial charge in [0.25, 0.3) is 0 Å². The van der Waals surface area contributed by atoms with Crippen LogP contribution in [-0.4, -0.2) is 52.5 Å². The molecule has 2 aromatic rings. The molecule has 1 atom stereocenters. The van der Waals surface area contributed by atoms with Crippen LogP contribution in [-0.2, 0) is 6.54 Å². The molecule has 6 heteroatoms. The van der Waals surface area contributed by atoms with Gasteiger partial charge in [0.1, 0.15) is 0 Å². The largest absolute Gasteiger partial charge is 0.324 e. The van der Waals surface area contributed by atoms with Gasteiger partial charge in [-0.2, -0.15) is 0 Å². The lowest BCUT2D eigenvalue weighted by atomic mass is 10.1. The van der Waals surface area contributed by atoms with Gasteiger partial charge in [-0.25, -0.2) is 4.79 Å². The predicted molar refractivity (Wildman–Crippen MR) is 98.2 cm³/mol. The molecule has 0 aromatic carbocycles. The van der Waals surface area contributed by atoms with Crippen LogP contribution in [0.3, 0.4) is 0 Å². The Morgan fingerprint density at radius 1 is 1.40 bits per heavy atom. The molecule has 1 fully saturated rings. The quantitative estimate of drug-likeness (QED) is 0.910. The zero-order valence-corrected chi connectivity index (χ0v) is 14.9. The average Bonchev–Trinajstić information content (AvgIpc) is 3.04. The van der Waals surface area contributed by atoms with Crippen molar-refractivity contribution >= 4 is 11.7 Å². The summed E-state index contributed by atoms with van der Waals surface area (Å²) in [6.45, 7) is 5.38. The molecule has 1 N–H and O–H groups in total. The molecule has 1 saturated heterocycles. The number of rotatable bonds is 5. The summed E-state index contributed by atoms with van der Waals surface area (Å²) in [5.74, 6) is 0.506. The smallest absolute Gasteiger partial charge is 0.321 e. The zero-order chi connectivity index (χ0) is 17.6. The highest BCUT2D eigenvalue weighted by molar-refractivity contribution is 5.89. The third-order valence-corrected chi connectivity index (χ3v) is 4.47. The molecule has 3 rings (SSSR count). The van der Waals surface area contributed by atoms with E-state index >= 15 is 0 Å². The van der Waals surface area contributed by atoms with Gasteiger partial charge < -0.3 is 15.1 Å². The van der Waals surface area contributed by atoms with Crippen molar-refractivity contribution in [3.8, 4) is 0 Å². The number of urea groups is 1. The van der Waals surface area contributed by atoms with E-state index in [1.807, 2.05) is 36.2 Å². The Morgan fingerprint density at radius 3 is 3.04 bits per heavy atom. The molecule has 0 aliphatic carbocycles. The minimum atomic E-state index is -0.0250. The molecule has 0 bridgehead atoms. The fraction of sp³-hybridized carbons (Fsp3) is 0.421. The van der Waals surface area contributed by atoms with Gasteiger partial charge in [0, 0.05) is 56.2 Å². The van der Waals surface area contributed by atoms with Crippen LogP contribution in [0.2, 0.25) is 0 Å². The molecule has 1 aliphatic heterocycles. The number of hydrogen-bond donors (Lipinski definition) is 1. The van der Waals surface area contributed by atoms with Crippen LogP contribution in [0, 0.1) is 12.8 Å². The van der Waals surface area contributed by atoms with Gasteiger partial charge in [0.05, 0.1) is 0 Å². The predicted octanol–water partition coefficient (Wildman–Crippen LogP) is 2.77. The Balaban J connectivity index is 1.47. The second-order valence-corrected chi connectivity index (χ2v) is 6.77. The van der Waals surface area contributed by atoms with E-state index in [-0.39, 0.29) is 6.03 Å². The Morgan fingerprint density at radius 2 is 2.28 bits per heavy atom. The molecule has 0 spiro atoms. The minimum Gasteiger partial charge on any atom is -0.324 e. The summed E-state index contributed by atoms with van der Waals surface area (Å²) in [5.41, 5.74) is 2.91. The number of nitrogens with one attached hydrogen (secondary N) is 1. The molecule has 25 heavy (non-hydrogen) atoms. The molecule has 6 nitrogen and oxygen atoms in total. The number of pyridine rings is 2. The van der Waals surface area contributed by atoms with Gasteiger partial charge in [-0.1, -0.05) is 6.07 Å². The summed E-state index contributed by atoms with van der Waals surface area (Å²) in [6, 6.07) is 7.73. The molecule has 2 aromatic heterocycles. The Hall–Kier alpha value is -2.47. The van der Waals surface area contributed by atoms with Crippen molar-refractivity contribution in [1.82, 2.24) is 19.8 Å². The molecule has 3 heterocycles. The third-order valence-electron chi connectivity index (χ3n) is 4.47. The highest BCUT2D eigenvalue weighted by Gasteiger charge is 2.27. The summed E-state index contributed by atoms with van der Waals surface area (Å²) in [7, 11) is 2.12. The Bertz CT molecular complexity index is 706. The highest BCUT2D eigenvalue weighted by atomic mass is 16.2. The van der Waals surface area contributed by atoms with Gasteiger partial charge >= 0.3 is 6.03 Å². The number of carbonyl (C=O) groups excluding carboxylic acids is 1. The van der Waals surface area contributed by atoms with E-state index in [0.29, 0.717) is 5.92 Å². The summed E-state index contributed by atoms with van der Waals surface area (Å²) in [6.07, 6.45) is 6.45. The SMILES string of the molecule is Cc1cc(NC(=O)N2CC[C@H](CN(C)Cc3cccnc3)C2)ccn1. The number of likely N-dealkylation sites (tertiary alicyclic amines) is 1. The molecular weight excluding hydrogens is 314 g/mol. The van der Waals surface area contributed by atoms with E-state index in [4.69, 9.17) is 0 Å². The number of aryl methyl sites for hydroxylation is 1. The van der Waals surface area contributed by atoms with Crippen molar-refractivity contribution in [1.29, 1.82) is 0 Å². The maximum absolute atomic E-state index is 12.4. The van der Waals surface area contributed by atoms with E-state index in [1.165, 1.54) is 5.56 Å². The van der Waals surface area contributed by atoms with Crippen molar-refractivity contribution in [2.24, 2.45) is 5.92 Å². The van der Waals surface area contributed by atoms with Crippen LogP contribution in [0.25, 0.3) is 0 Å². The van der Waals surface area contributed by atoms with E-state index < -0.39 is 0 Å². The lowest BCUT2D eigenvalue weighted by Crippen LogP contribution is -2.34. The fourth-order valence-electron chi connectivity index (χ4n) is 3.30. The third kappa shape index (κ3) is 5.00. The molecule has 132 valence electrons. The maximum atomic E-state index is 12.4. The van der Waals surface area contributed by atoms with Gasteiger partial charge in [0.15, 0.2) is 0 Å². The number of hydrogen-bond acceptors (Lipinski definition) is 4. The first kappa shape index (κ1) is 17.4. The first-order chi connectivity index (χ1) is 12.1. The van der Waals surface area contributed by atoms with E-state index in [2.05, 4.69) is 33.3 Å². The van der Waals surface area contributed by atoms with Gasteiger partial charge in [-0.3, -0.25) is 9.97 Å². The highest BCUT2D eigenvalue weighted by Crippen LogP contribution is 2.19. The molecule has 0 unspecified atom stereocenters. The number of aromatic nitrogens is 2. The topological polar surface area (TPSA) is 61.4 Å². The van der Waals surface area contributed by atoms with Crippen LogP contribution in [0.15, 0.2) is 42.9 Å². The standard InChI is InChI=1S/C19H25N5O/c1-15-10-18(5-8-21-15)22-19(25)24-9-6-17(14-24)13-23(2)12-16-4-3-7-20-11-16/h3-5,7-8,10-11,17H,6,9,12-14H2,1-2H3,(H,21,22,25)/t17-/m1/s1. The first-order valence-corrected chi connectivity index (χ1v) is 8.66. The van der Waals surface area contributed by atoms with Crippen LogP contribution < -0.4 is 5.32 Å². The Labute approximate surface area is 148 Å². The fourth-order valence-corrected chi connectivity index (χ4v) is 3.30. The van der Waals surface area contributed by atoms with Crippen LogP contribution in [0.5, 0.6) is 0 Å². The maximum Gasteiger partial charge on any atom is 0.321 e. The van der Waals surface area contributed by atoms with E-state index in [0.717, 1.165) is 44.0 Å². The van der Waals surface area contributed by atoms with E-state index in [1.54, 1.807) is 12.4 Å². The van der Waals surface area contributed by atoms with Crippen molar-refractivity contribution < 1.29 is 4.79 Å². The second-order valence-electron chi connectivity index (χ2n) is 6.77. The molecule has 0 radical (unpaired) electrons. The zero-order valence-electron chi connectivity index (χ0n) is 14.9. The van der Waals surface area contributed by atoms with E-state index in [9.17, 15) is 4.79 Å². The minimum absolute atomic E-state index is 0.0250. The van der Waals surface area contributed by atoms with Gasteiger partial charge in [-0.15, -0.1) is 0 Å². The molecule has 1 aliphatic rings. The van der Waals surface area contributed by atoms with Crippen molar-refractivity contribution in [3.63, 3.8) is 0 Å². The lowest BCUT2D eigenvalue weighted by Gasteiger charge is -2.21. The number of carbonyl (C=O) groups is 1. The Kier molecular flexibility index (Phi) is 5.60. The number of nitrogens with zero attached hydrogens (tertiary/aromatic N) is 4.